The minimum Gasteiger partial charge on any atom is -0.435 e. The second-order valence-corrected chi connectivity index (χ2v) is 7.05. The molecule has 0 atom stereocenters. The van der Waals surface area contributed by atoms with Gasteiger partial charge in [0.15, 0.2) is 0 Å². The first kappa shape index (κ1) is 18.9. The van der Waals surface area contributed by atoms with Gasteiger partial charge in [-0.05, 0) is 30.3 Å². The summed E-state index contributed by atoms with van der Waals surface area (Å²) >= 11 is 1.39. The largest absolute Gasteiger partial charge is 0.435 e. The van der Waals surface area contributed by atoms with E-state index >= 15 is 0 Å². The maximum Gasteiger partial charge on any atom is 0.387 e. The highest BCUT2D eigenvalue weighted by atomic mass is 32.1. The zero-order chi connectivity index (χ0) is 20.2. The lowest BCUT2D eigenvalue weighted by Crippen LogP contribution is -2.22. The van der Waals surface area contributed by atoms with Crippen molar-refractivity contribution in [3.05, 3.63) is 82.1 Å². The van der Waals surface area contributed by atoms with Crippen molar-refractivity contribution >= 4 is 11.3 Å². The molecule has 0 unspecified atom stereocenters. The number of hydrogen-bond donors (Lipinski definition) is 0. The Hall–Kier alpha value is -3.46. The van der Waals surface area contributed by atoms with Crippen LogP contribution in [0.2, 0.25) is 0 Å². The van der Waals surface area contributed by atoms with E-state index in [9.17, 15) is 13.6 Å². The average Bonchev–Trinajstić information content (AvgIpc) is 3.19. The van der Waals surface area contributed by atoms with Crippen LogP contribution in [0.3, 0.4) is 0 Å². The number of benzene rings is 2. The highest BCUT2D eigenvalue weighted by Gasteiger charge is 2.10. The Morgan fingerprint density at radius 1 is 0.931 bits per heavy atom. The molecule has 0 N–H and O–H groups in total. The summed E-state index contributed by atoms with van der Waals surface area (Å²) < 4.78 is 30.2. The fourth-order valence-corrected chi connectivity index (χ4v) is 3.49. The van der Waals surface area contributed by atoms with E-state index in [0.717, 1.165) is 10.6 Å². The van der Waals surface area contributed by atoms with Crippen LogP contribution in [0.4, 0.5) is 8.78 Å². The van der Waals surface area contributed by atoms with Gasteiger partial charge in [-0.25, -0.2) is 4.68 Å². The Morgan fingerprint density at radius 2 is 1.69 bits per heavy atom. The van der Waals surface area contributed by atoms with Crippen LogP contribution < -0.4 is 10.3 Å². The van der Waals surface area contributed by atoms with Crippen LogP contribution in [0.5, 0.6) is 5.75 Å². The molecule has 4 rings (SSSR count). The van der Waals surface area contributed by atoms with Crippen molar-refractivity contribution in [2.24, 2.45) is 0 Å². The first-order valence-electron chi connectivity index (χ1n) is 8.60. The first-order valence-corrected chi connectivity index (χ1v) is 9.41. The second kappa shape index (κ2) is 8.27. The van der Waals surface area contributed by atoms with Crippen LogP contribution in [-0.4, -0.2) is 26.6 Å². The van der Waals surface area contributed by atoms with Gasteiger partial charge < -0.3 is 4.74 Å². The molecule has 4 aromatic rings. The summed E-state index contributed by atoms with van der Waals surface area (Å²) in [7, 11) is 0. The second-order valence-electron chi connectivity index (χ2n) is 5.98. The molecule has 0 saturated heterocycles. The topological polar surface area (TPSA) is 69.9 Å². The van der Waals surface area contributed by atoms with Crippen LogP contribution in [0, 0.1) is 0 Å². The molecular weight excluding hydrogens is 398 g/mol. The Balaban J connectivity index is 1.56. The van der Waals surface area contributed by atoms with Gasteiger partial charge in [-0.15, -0.1) is 10.2 Å². The monoisotopic (exact) mass is 412 g/mol. The molecule has 146 valence electrons. The molecular formula is C20H14F2N4O2S. The third kappa shape index (κ3) is 4.52. The quantitative estimate of drug-likeness (QED) is 0.477. The summed E-state index contributed by atoms with van der Waals surface area (Å²) in [6.45, 7) is -2.70. The van der Waals surface area contributed by atoms with Gasteiger partial charge in [0.2, 0.25) is 0 Å². The number of nitrogens with zero attached hydrogens (tertiary/aromatic N) is 4. The summed E-state index contributed by atoms with van der Waals surface area (Å²) in [6, 6.07) is 18.7. The highest BCUT2D eigenvalue weighted by Crippen LogP contribution is 2.24. The van der Waals surface area contributed by atoms with Crippen molar-refractivity contribution in [1.29, 1.82) is 0 Å². The fraction of sp³-hybridized carbons (Fsp3) is 0.100. The Morgan fingerprint density at radius 3 is 2.41 bits per heavy atom. The summed E-state index contributed by atoms with van der Waals surface area (Å²) in [6.07, 6.45) is 0. The molecule has 0 aliphatic heterocycles. The lowest BCUT2D eigenvalue weighted by Gasteiger charge is -2.07. The minimum absolute atomic E-state index is 0.0550. The van der Waals surface area contributed by atoms with Gasteiger partial charge in [0, 0.05) is 17.2 Å². The summed E-state index contributed by atoms with van der Waals surface area (Å²) in [5, 5.41) is 14.1. The number of ether oxygens (including phenoxy) is 1. The third-order valence-electron chi connectivity index (χ3n) is 4.01. The van der Waals surface area contributed by atoms with Crippen molar-refractivity contribution in [3.63, 3.8) is 0 Å². The van der Waals surface area contributed by atoms with E-state index in [1.165, 1.54) is 34.2 Å². The molecule has 6 nitrogen and oxygen atoms in total. The first-order chi connectivity index (χ1) is 14.1. The van der Waals surface area contributed by atoms with Gasteiger partial charge in [0.1, 0.15) is 15.8 Å². The van der Waals surface area contributed by atoms with Crippen LogP contribution in [0.1, 0.15) is 5.01 Å². The SMILES string of the molecule is O=c1ccc(-c2ccc(OC(F)F)cc2)nn1Cc1nnc(-c2ccccc2)s1. The zero-order valence-electron chi connectivity index (χ0n) is 14.9. The summed E-state index contributed by atoms with van der Waals surface area (Å²) in [5.41, 5.74) is 1.88. The molecule has 0 aliphatic carbocycles. The normalized spacial score (nSPS) is 11.0. The predicted molar refractivity (Wildman–Crippen MR) is 105 cm³/mol. The molecule has 0 saturated carbocycles. The van der Waals surface area contributed by atoms with Gasteiger partial charge in [0.25, 0.3) is 5.56 Å². The summed E-state index contributed by atoms with van der Waals surface area (Å²) in [4.78, 5) is 12.2. The number of hydrogen-bond acceptors (Lipinski definition) is 6. The lowest BCUT2D eigenvalue weighted by atomic mass is 10.1. The van der Waals surface area contributed by atoms with Crippen molar-refractivity contribution in [2.45, 2.75) is 13.2 Å². The predicted octanol–water partition coefficient (Wildman–Crippen LogP) is 4.08. The molecule has 0 aliphatic rings. The Labute approximate surface area is 168 Å². The molecule has 2 heterocycles. The number of rotatable bonds is 6. The van der Waals surface area contributed by atoms with Gasteiger partial charge in [-0.1, -0.05) is 41.7 Å². The molecule has 0 amide bonds. The van der Waals surface area contributed by atoms with E-state index in [4.69, 9.17) is 0 Å². The Kier molecular flexibility index (Phi) is 5.39. The lowest BCUT2D eigenvalue weighted by molar-refractivity contribution is -0.0498. The van der Waals surface area contributed by atoms with Gasteiger partial charge >= 0.3 is 6.61 Å². The summed E-state index contributed by atoms with van der Waals surface area (Å²) in [5.74, 6) is 0.0550. The molecule has 0 radical (unpaired) electrons. The van der Waals surface area contributed by atoms with Crippen molar-refractivity contribution < 1.29 is 13.5 Å². The van der Waals surface area contributed by atoms with E-state index in [1.54, 1.807) is 18.2 Å². The molecule has 0 spiro atoms. The third-order valence-corrected chi connectivity index (χ3v) is 4.97. The molecule has 2 aromatic carbocycles. The van der Waals surface area contributed by atoms with E-state index in [1.807, 2.05) is 30.3 Å². The number of halogens is 2. The van der Waals surface area contributed by atoms with Crippen molar-refractivity contribution in [2.75, 3.05) is 0 Å². The van der Waals surface area contributed by atoms with E-state index in [-0.39, 0.29) is 17.9 Å². The minimum atomic E-state index is -2.88. The van der Waals surface area contributed by atoms with Crippen LogP contribution >= 0.6 is 11.3 Å². The van der Waals surface area contributed by atoms with Crippen molar-refractivity contribution in [3.8, 4) is 27.6 Å². The van der Waals surface area contributed by atoms with Crippen LogP contribution in [0.25, 0.3) is 21.8 Å². The molecule has 9 heteroatoms. The molecule has 0 bridgehead atoms. The van der Waals surface area contributed by atoms with Gasteiger partial charge in [-0.3, -0.25) is 4.79 Å². The van der Waals surface area contributed by atoms with E-state index in [0.29, 0.717) is 16.3 Å². The Bertz CT molecular complexity index is 1160. The number of alkyl halides is 2. The van der Waals surface area contributed by atoms with Gasteiger partial charge in [0.05, 0.1) is 12.2 Å². The fourth-order valence-electron chi connectivity index (χ4n) is 2.67. The molecule has 0 fully saturated rings. The molecule has 2 aromatic heterocycles. The smallest absolute Gasteiger partial charge is 0.387 e. The zero-order valence-corrected chi connectivity index (χ0v) is 15.7. The average molecular weight is 412 g/mol. The molecule has 29 heavy (non-hydrogen) atoms. The van der Waals surface area contributed by atoms with Crippen molar-refractivity contribution in [1.82, 2.24) is 20.0 Å². The van der Waals surface area contributed by atoms with E-state index in [2.05, 4.69) is 20.0 Å². The van der Waals surface area contributed by atoms with Crippen LogP contribution in [0.15, 0.2) is 71.5 Å². The van der Waals surface area contributed by atoms with Crippen LogP contribution in [-0.2, 0) is 6.54 Å². The number of aromatic nitrogens is 4. The highest BCUT2D eigenvalue weighted by molar-refractivity contribution is 7.14. The standard InChI is InChI=1S/C20H14F2N4O2S/c21-20(22)28-15-8-6-13(7-9-15)16-10-11-18(27)26(25-16)12-17-23-24-19(29-17)14-4-2-1-3-5-14/h1-11,20H,12H2. The maximum absolute atomic E-state index is 12.3. The maximum atomic E-state index is 12.3. The van der Waals surface area contributed by atoms with E-state index < -0.39 is 6.61 Å². The van der Waals surface area contributed by atoms with Gasteiger partial charge in [-0.2, -0.15) is 13.9 Å².